The Labute approximate surface area is 175 Å². The number of esters is 1. The minimum absolute atomic E-state index is 0.355. The Morgan fingerprint density at radius 3 is 2.43 bits per heavy atom. The lowest BCUT2D eigenvalue weighted by atomic mass is 10.1. The molecule has 0 saturated carbocycles. The predicted octanol–water partition coefficient (Wildman–Crippen LogP) is 5.38. The van der Waals surface area contributed by atoms with Crippen molar-refractivity contribution in [2.24, 2.45) is 0 Å². The second-order valence-electron chi connectivity index (χ2n) is 7.06. The summed E-state index contributed by atoms with van der Waals surface area (Å²) in [7, 11) is 1.56. The van der Waals surface area contributed by atoms with Crippen molar-refractivity contribution in [2.75, 3.05) is 7.11 Å². The summed E-state index contributed by atoms with van der Waals surface area (Å²) in [4.78, 5) is 12.8. The van der Waals surface area contributed by atoms with Crippen LogP contribution < -0.4 is 9.47 Å². The summed E-state index contributed by atoms with van der Waals surface area (Å²) in [6, 6.07) is 24.5. The van der Waals surface area contributed by atoms with Crippen molar-refractivity contribution in [2.45, 2.75) is 13.8 Å². The van der Waals surface area contributed by atoms with Gasteiger partial charge in [-0.2, -0.15) is 9.78 Å². The Bertz CT molecular complexity index is 1200. The summed E-state index contributed by atoms with van der Waals surface area (Å²) in [6.45, 7) is 4.05. The Kier molecular flexibility index (Phi) is 5.35. The maximum atomic E-state index is 12.8. The molecule has 0 radical (unpaired) electrons. The summed E-state index contributed by atoms with van der Waals surface area (Å²) in [5.41, 5.74) is 5.13. The quantitative estimate of drug-likeness (QED) is 0.423. The van der Waals surface area contributed by atoms with E-state index in [0.717, 1.165) is 28.1 Å². The van der Waals surface area contributed by atoms with Crippen LogP contribution in [0.5, 0.6) is 11.6 Å². The summed E-state index contributed by atoms with van der Waals surface area (Å²) >= 11 is 0. The number of ether oxygens (including phenoxy) is 2. The van der Waals surface area contributed by atoms with Crippen LogP contribution in [0.2, 0.25) is 0 Å². The molecule has 0 fully saturated rings. The molecule has 0 aliphatic carbocycles. The standard InChI is InChI=1S/C25H22N2O3/c1-17-12-13-23(18(2)14-17)27-24(16-22(26-27)19-8-5-4-6-9-19)30-25(28)20-10-7-11-21(15-20)29-3/h4-16H,1-3H3. The summed E-state index contributed by atoms with van der Waals surface area (Å²) in [5, 5.41) is 4.74. The van der Waals surface area contributed by atoms with Gasteiger partial charge in [0.25, 0.3) is 0 Å². The van der Waals surface area contributed by atoms with Crippen molar-refractivity contribution in [3.63, 3.8) is 0 Å². The average Bonchev–Trinajstić information content (AvgIpc) is 3.18. The molecule has 150 valence electrons. The molecule has 0 unspecified atom stereocenters. The maximum absolute atomic E-state index is 12.8. The number of carbonyl (C=O) groups is 1. The van der Waals surface area contributed by atoms with Crippen LogP contribution in [-0.4, -0.2) is 22.9 Å². The van der Waals surface area contributed by atoms with Crippen molar-refractivity contribution in [1.82, 2.24) is 9.78 Å². The zero-order chi connectivity index (χ0) is 21.1. The fraction of sp³-hybridized carbons (Fsp3) is 0.120. The number of hydrogen-bond donors (Lipinski definition) is 0. The number of methoxy groups -OCH3 is 1. The normalized spacial score (nSPS) is 10.6. The van der Waals surface area contributed by atoms with Gasteiger partial charge in [0.15, 0.2) is 0 Å². The largest absolute Gasteiger partial charge is 0.497 e. The molecule has 4 rings (SSSR count). The molecule has 0 aliphatic rings. The van der Waals surface area contributed by atoms with Gasteiger partial charge in [-0.25, -0.2) is 4.79 Å². The molecule has 0 spiro atoms. The van der Waals surface area contributed by atoms with Gasteiger partial charge in [-0.15, -0.1) is 0 Å². The number of aromatic nitrogens is 2. The van der Waals surface area contributed by atoms with Crippen LogP contribution in [0.1, 0.15) is 21.5 Å². The zero-order valence-electron chi connectivity index (χ0n) is 17.1. The Morgan fingerprint density at radius 1 is 0.900 bits per heavy atom. The van der Waals surface area contributed by atoms with Gasteiger partial charge in [0.2, 0.25) is 5.88 Å². The van der Waals surface area contributed by atoms with Gasteiger partial charge >= 0.3 is 5.97 Å². The van der Waals surface area contributed by atoms with Crippen molar-refractivity contribution in [3.05, 3.63) is 95.6 Å². The highest BCUT2D eigenvalue weighted by Gasteiger charge is 2.18. The second kappa shape index (κ2) is 8.25. The van der Waals surface area contributed by atoms with Gasteiger partial charge in [0, 0.05) is 11.6 Å². The molecule has 0 N–H and O–H groups in total. The topological polar surface area (TPSA) is 53.4 Å². The first-order valence-corrected chi connectivity index (χ1v) is 9.64. The van der Waals surface area contributed by atoms with Crippen molar-refractivity contribution in [1.29, 1.82) is 0 Å². The molecule has 3 aromatic carbocycles. The second-order valence-corrected chi connectivity index (χ2v) is 7.06. The highest BCUT2D eigenvalue weighted by Crippen LogP contribution is 2.29. The highest BCUT2D eigenvalue weighted by molar-refractivity contribution is 5.91. The van der Waals surface area contributed by atoms with Gasteiger partial charge in [-0.05, 0) is 43.7 Å². The van der Waals surface area contributed by atoms with E-state index in [4.69, 9.17) is 14.6 Å². The number of aryl methyl sites for hydroxylation is 2. The van der Waals surface area contributed by atoms with E-state index in [-0.39, 0.29) is 0 Å². The Balaban J connectivity index is 1.77. The molecule has 1 aromatic heterocycles. The molecule has 0 atom stereocenters. The number of benzene rings is 3. The first-order chi connectivity index (χ1) is 14.5. The number of carbonyl (C=O) groups excluding carboxylic acids is 1. The van der Waals surface area contributed by atoms with Crippen LogP contribution in [0, 0.1) is 13.8 Å². The molecule has 0 saturated heterocycles. The average molecular weight is 398 g/mol. The van der Waals surface area contributed by atoms with E-state index in [2.05, 4.69) is 6.07 Å². The smallest absolute Gasteiger partial charge is 0.344 e. The van der Waals surface area contributed by atoms with Crippen LogP contribution in [0.3, 0.4) is 0 Å². The van der Waals surface area contributed by atoms with E-state index >= 15 is 0 Å². The number of hydrogen-bond acceptors (Lipinski definition) is 4. The monoisotopic (exact) mass is 398 g/mol. The predicted molar refractivity (Wildman–Crippen MR) is 116 cm³/mol. The van der Waals surface area contributed by atoms with Crippen LogP contribution in [-0.2, 0) is 0 Å². The third-order valence-corrected chi connectivity index (χ3v) is 4.83. The third kappa shape index (κ3) is 3.96. The van der Waals surface area contributed by atoms with Gasteiger partial charge in [-0.3, -0.25) is 0 Å². The van der Waals surface area contributed by atoms with Crippen molar-refractivity contribution >= 4 is 5.97 Å². The maximum Gasteiger partial charge on any atom is 0.344 e. The van der Waals surface area contributed by atoms with Crippen LogP contribution in [0.25, 0.3) is 16.9 Å². The molecule has 0 bridgehead atoms. The lowest BCUT2D eigenvalue weighted by Crippen LogP contribution is -2.12. The fourth-order valence-corrected chi connectivity index (χ4v) is 3.31. The van der Waals surface area contributed by atoms with Gasteiger partial charge < -0.3 is 9.47 Å². The van der Waals surface area contributed by atoms with Crippen LogP contribution in [0.15, 0.2) is 78.9 Å². The third-order valence-electron chi connectivity index (χ3n) is 4.83. The number of rotatable bonds is 5. The van der Waals surface area contributed by atoms with Gasteiger partial charge in [0.05, 0.1) is 24.1 Å². The molecule has 1 heterocycles. The summed E-state index contributed by atoms with van der Waals surface area (Å²) in [5.74, 6) is 0.477. The summed E-state index contributed by atoms with van der Waals surface area (Å²) < 4.78 is 12.7. The van der Waals surface area contributed by atoms with E-state index in [1.54, 1.807) is 42.1 Å². The Morgan fingerprint density at radius 2 is 1.70 bits per heavy atom. The molecule has 4 aromatic rings. The van der Waals surface area contributed by atoms with E-state index in [1.807, 2.05) is 56.3 Å². The SMILES string of the molecule is COc1cccc(C(=O)Oc2cc(-c3ccccc3)nn2-c2ccc(C)cc2C)c1. The zero-order valence-corrected chi connectivity index (χ0v) is 17.1. The van der Waals surface area contributed by atoms with Crippen molar-refractivity contribution in [3.8, 4) is 28.6 Å². The van der Waals surface area contributed by atoms with Gasteiger partial charge in [0.1, 0.15) is 5.75 Å². The molecular weight excluding hydrogens is 376 g/mol. The highest BCUT2D eigenvalue weighted by atomic mass is 16.5. The van der Waals surface area contributed by atoms with Crippen molar-refractivity contribution < 1.29 is 14.3 Å². The first-order valence-electron chi connectivity index (χ1n) is 9.64. The minimum Gasteiger partial charge on any atom is -0.497 e. The molecule has 0 aliphatic heterocycles. The molecule has 0 amide bonds. The van der Waals surface area contributed by atoms with E-state index in [9.17, 15) is 4.79 Å². The van der Waals surface area contributed by atoms with Crippen LogP contribution >= 0.6 is 0 Å². The number of nitrogens with zero attached hydrogens (tertiary/aromatic N) is 2. The van der Waals surface area contributed by atoms with Gasteiger partial charge in [-0.1, -0.05) is 54.1 Å². The molecule has 5 heteroatoms. The summed E-state index contributed by atoms with van der Waals surface area (Å²) in [6.07, 6.45) is 0. The minimum atomic E-state index is -0.473. The molecule has 30 heavy (non-hydrogen) atoms. The fourth-order valence-electron chi connectivity index (χ4n) is 3.31. The van der Waals surface area contributed by atoms with E-state index in [1.165, 1.54) is 0 Å². The molecular formula is C25H22N2O3. The Hall–Kier alpha value is -3.86. The lowest BCUT2D eigenvalue weighted by Gasteiger charge is -2.11. The first kappa shape index (κ1) is 19.5. The molecule has 5 nitrogen and oxygen atoms in total. The van der Waals surface area contributed by atoms with E-state index in [0.29, 0.717) is 17.2 Å². The lowest BCUT2D eigenvalue weighted by molar-refractivity contribution is 0.0722. The van der Waals surface area contributed by atoms with E-state index < -0.39 is 5.97 Å². The van der Waals surface area contributed by atoms with Crippen LogP contribution in [0.4, 0.5) is 0 Å².